The number of halogens is 1. The third-order valence-corrected chi connectivity index (χ3v) is 6.15. The van der Waals surface area contributed by atoms with E-state index in [1.54, 1.807) is 14.0 Å². The van der Waals surface area contributed by atoms with Crippen molar-refractivity contribution in [3.63, 3.8) is 0 Å². The SMILES string of the molecule is COc1ccc(N2CCC(CNS(=O)(=O)c3ccc(F)c(C)c3)C2)cc1. The molecule has 1 aliphatic heterocycles. The number of anilines is 1. The van der Waals surface area contributed by atoms with Crippen molar-refractivity contribution in [3.8, 4) is 5.75 Å². The lowest BCUT2D eigenvalue weighted by molar-refractivity contribution is 0.415. The Bertz CT molecular complexity index is 869. The minimum absolute atomic E-state index is 0.0985. The predicted octanol–water partition coefficient (Wildman–Crippen LogP) is 2.95. The number of hydrogen-bond acceptors (Lipinski definition) is 4. The van der Waals surface area contributed by atoms with Crippen molar-refractivity contribution in [2.24, 2.45) is 5.92 Å². The molecule has 2 aromatic carbocycles. The third kappa shape index (κ3) is 4.16. The van der Waals surface area contributed by atoms with Gasteiger partial charge in [-0.3, -0.25) is 0 Å². The van der Waals surface area contributed by atoms with Crippen molar-refractivity contribution in [2.75, 3.05) is 31.6 Å². The Labute approximate surface area is 153 Å². The molecule has 1 atom stereocenters. The number of hydrogen-bond donors (Lipinski definition) is 1. The molecular formula is C19H23FN2O3S. The molecule has 26 heavy (non-hydrogen) atoms. The Balaban J connectivity index is 1.59. The lowest BCUT2D eigenvalue weighted by Crippen LogP contribution is -2.31. The molecule has 0 amide bonds. The first-order chi connectivity index (χ1) is 12.4. The van der Waals surface area contributed by atoms with Crippen LogP contribution < -0.4 is 14.4 Å². The van der Waals surface area contributed by atoms with Crippen LogP contribution in [0.15, 0.2) is 47.4 Å². The van der Waals surface area contributed by atoms with Gasteiger partial charge < -0.3 is 9.64 Å². The van der Waals surface area contributed by atoms with E-state index in [4.69, 9.17) is 4.74 Å². The summed E-state index contributed by atoms with van der Waals surface area (Å²) in [6.07, 6.45) is 0.914. The molecule has 1 N–H and O–H groups in total. The highest BCUT2D eigenvalue weighted by Gasteiger charge is 2.25. The van der Waals surface area contributed by atoms with Crippen LogP contribution in [0.25, 0.3) is 0 Å². The Hall–Kier alpha value is -2.12. The number of benzene rings is 2. The van der Waals surface area contributed by atoms with Crippen molar-refractivity contribution in [1.82, 2.24) is 4.72 Å². The molecule has 0 saturated carbocycles. The zero-order chi connectivity index (χ0) is 18.7. The van der Waals surface area contributed by atoms with E-state index < -0.39 is 15.8 Å². The average molecular weight is 378 g/mol. The summed E-state index contributed by atoms with van der Waals surface area (Å²) in [5, 5.41) is 0. The van der Waals surface area contributed by atoms with Crippen molar-refractivity contribution < 1.29 is 17.5 Å². The summed E-state index contributed by atoms with van der Waals surface area (Å²) in [6, 6.07) is 11.7. The van der Waals surface area contributed by atoms with E-state index in [0.717, 1.165) is 30.9 Å². The zero-order valence-corrected chi connectivity index (χ0v) is 15.7. The Morgan fingerprint density at radius 3 is 2.62 bits per heavy atom. The monoisotopic (exact) mass is 378 g/mol. The van der Waals surface area contributed by atoms with Gasteiger partial charge >= 0.3 is 0 Å². The van der Waals surface area contributed by atoms with Gasteiger partial charge in [0.25, 0.3) is 0 Å². The van der Waals surface area contributed by atoms with E-state index in [1.165, 1.54) is 18.2 Å². The Kier molecular flexibility index (Phi) is 5.48. The van der Waals surface area contributed by atoms with E-state index in [2.05, 4.69) is 9.62 Å². The smallest absolute Gasteiger partial charge is 0.240 e. The molecule has 0 aromatic heterocycles. The van der Waals surface area contributed by atoms with Gasteiger partial charge in [0.15, 0.2) is 0 Å². The number of sulfonamides is 1. The molecule has 1 aliphatic rings. The Morgan fingerprint density at radius 2 is 1.96 bits per heavy atom. The van der Waals surface area contributed by atoms with Crippen molar-refractivity contribution in [1.29, 1.82) is 0 Å². The second kappa shape index (κ2) is 7.63. The first-order valence-electron chi connectivity index (χ1n) is 8.54. The number of ether oxygens (including phenoxy) is 1. The first-order valence-corrected chi connectivity index (χ1v) is 10.0. The lowest BCUT2D eigenvalue weighted by atomic mass is 10.1. The normalized spacial score (nSPS) is 17.5. The maximum absolute atomic E-state index is 13.3. The van der Waals surface area contributed by atoms with Crippen LogP contribution in [0.2, 0.25) is 0 Å². The molecule has 2 aromatic rings. The van der Waals surface area contributed by atoms with Crippen molar-refractivity contribution in [2.45, 2.75) is 18.2 Å². The quantitative estimate of drug-likeness (QED) is 0.840. The van der Waals surface area contributed by atoms with Gasteiger partial charge in [0.1, 0.15) is 11.6 Å². The molecule has 140 valence electrons. The fourth-order valence-electron chi connectivity index (χ4n) is 3.12. The zero-order valence-electron chi connectivity index (χ0n) is 14.9. The molecule has 0 spiro atoms. The summed E-state index contributed by atoms with van der Waals surface area (Å²) in [5.74, 6) is 0.634. The van der Waals surface area contributed by atoms with E-state index in [9.17, 15) is 12.8 Å². The van der Waals surface area contributed by atoms with Crippen LogP contribution in [0, 0.1) is 18.7 Å². The number of nitrogens with one attached hydrogen (secondary N) is 1. The van der Waals surface area contributed by atoms with Gasteiger partial charge in [-0.2, -0.15) is 0 Å². The largest absolute Gasteiger partial charge is 0.497 e. The van der Waals surface area contributed by atoms with E-state index in [-0.39, 0.29) is 10.8 Å². The van der Waals surface area contributed by atoms with Gasteiger partial charge in [0, 0.05) is 25.3 Å². The molecule has 7 heteroatoms. The lowest BCUT2D eigenvalue weighted by Gasteiger charge is -2.19. The van der Waals surface area contributed by atoms with Crippen LogP contribution in [0.3, 0.4) is 0 Å². The second-order valence-electron chi connectivity index (χ2n) is 6.56. The van der Waals surface area contributed by atoms with Crippen LogP contribution in [0.1, 0.15) is 12.0 Å². The van der Waals surface area contributed by atoms with Gasteiger partial charge in [0.05, 0.1) is 12.0 Å². The Morgan fingerprint density at radius 1 is 1.23 bits per heavy atom. The highest BCUT2D eigenvalue weighted by Crippen LogP contribution is 2.25. The van der Waals surface area contributed by atoms with E-state index in [1.807, 2.05) is 24.3 Å². The number of aryl methyl sites for hydroxylation is 1. The molecular weight excluding hydrogens is 355 g/mol. The summed E-state index contributed by atoms with van der Waals surface area (Å²) in [4.78, 5) is 2.34. The topological polar surface area (TPSA) is 58.6 Å². The van der Waals surface area contributed by atoms with E-state index in [0.29, 0.717) is 12.1 Å². The van der Waals surface area contributed by atoms with Gasteiger partial charge in [0.2, 0.25) is 10.0 Å². The summed E-state index contributed by atoms with van der Waals surface area (Å²) in [7, 11) is -2.00. The molecule has 1 heterocycles. The van der Waals surface area contributed by atoms with E-state index >= 15 is 0 Å². The highest BCUT2D eigenvalue weighted by atomic mass is 32.2. The van der Waals surface area contributed by atoms with Gasteiger partial charge in [-0.25, -0.2) is 17.5 Å². The van der Waals surface area contributed by atoms with Crippen LogP contribution in [-0.4, -0.2) is 35.2 Å². The van der Waals surface area contributed by atoms with Crippen LogP contribution in [0.5, 0.6) is 5.75 Å². The van der Waals surface area contributed by atoms with Crippen LogP contribution in [0.4, 0.5) is 10.1 Å². The second-order valence-corrected chi connectivity index (χ2v) is 8.33. The maximum Gasteiger partial charge on any atom is 0.240 e. The molecule has 0 bridgehead atoms. The molecule has 5 nitrogen and oxygen atoms in total. The molecule has 1 saturated heterocycles. The fourth-order valence-corrected chi connectivity index (χ4v) is 4.32. The summed E-state index contributed by atoms with van der Waals surface area (Å²) < 4.78 is 46.0. The summed E-state index contributed by atoms with van der Waals surface area (Å²) >= 11 is 0. The average Bonchev–Trinajstić information content (AvgIpc) is 3.11. The van der Waals surface area contributed by atoms with Crippen molar-refractivity contribution in [3.05, 3.63) is 53.8 Å². The fraction of sp³-hybridized carbons (Fsp3) is 0.368. The predicted molar refractivity (Wildman–Crippen MR) is 99.6 cm³/mol. The minimum Gasteiger partial charge on any atom is -0.497 e. The molecule has 0 radical (unpaired) electrons. The van der Waals surface area contributed by atoms with Gasteiger partial charge in [-0.15, -0.1) is 0 Å². The van der Waals surface area contributed by atoms with Gasteiger partial charge in [-0.05, 0) is 67.3 Å². The number of nitrogens with zero attached hydrogens (tertiary/aromatic N) is 1. The summed E-state index contributed by atoms with van der Waals surface area (Å²) in [5.41, 5.74) is 1.42. The highest BCUT2D eigenvalue weighted by molar-refractivity contribution is 7.89. The number of rotatable bonds is 6. The number of methoxy groups -OCH3 is 1. The standard InChI is InChI=1S/C19H23FN2O3S/c1-14-11-18(7-8-19(14)20)26(23,24)21-12-15-9-10-22(13-15)16-3-5-17(25-2)6-4-16/h3-8,11,15,21H,9-10,12-13H2,1-2H3. The third-order valence-electron chi connectivity index (χ3n) is 4.73. The summed E-state index contributed by atoms with van der Waals surface area (Å²) in [6.45, 7) is 3.59. The first kappa shape index (κ1) is 18.7. The molecule has 3 rings (SSSR count). The molecule has 0 aliphatic carbocycles. The maximum atomic E-state index is 13.3. The van der Waals surface area contributed by atoms with Crippen LogP contribution in [-0.2, 0) is 10.0 Å². The van der Waals surface area contributed by atoms with Gasteiger partial charge in [-0.1, -0.05) is 0 Å². The van der Waals surface area contributed by atoms with Crippen LogP contribution >= 0.6 is 0 Å². The minimum atomic E-state index is -3.63. The molecule has 1 fully saturated rings. The van der Waals surface area contributed by atoms with Crippen molar-refractivity contribution >= 4 is 15.7 Å². The molecule has 1 unspecified atom stereocenters.